The van der Waals surface area contributed by atoms with Crippen LogP contribution in [0.3, 0.4) is 0 Å². The molecule has 1 aromatic carbocycles. The highest BCUT2D eigenvalue weighted by Crippen LogP contribution is 2.35. The van der Waals surface area contributed by atoms with Gasteiger partial charge >= 0.3 is 5.97 Å². The number of para-hydroxylation sites is 1. The van der Waals surface area contributed by atoms with E-state index in [1.54, 1.807) is 25.1 Å². The monoisotopic (exact) mass is 291 g/mol. The van der Waals surface area contributed by atoms with Gasteiger partial charge < -0.3 is 15.2 Å². The van der Waals surface area contributed by atoms with E-state index in [4.69, 9.17) is 15.2 Å². The van der Waals surface area contributed by atoms with Crippen LogP contribution >= 0.6 is 0 Å². The zero-order chi connectivity index (χ0) is 15.4. The average molecular weight is 291 g/mol. The third kappa shape index (κ3) is 3.90. The molecule has 4 nitrogen and oxygen atoms in total. The minimum Gasteiger partial charge on any atom is -0.487 e. The molecule has 1 aliphatic carbocycles. The van der Waals surface area contributed by atoms with Gasteiger partial charge in [-0.25, -0.2) is 4.79 Å². The highest BCUT2D eigenvalue weighted by atomic mass is 16.5. The quantitative estimate of drug-likeness (QED) is 0.679. The topological polar surface area (TPSA) is 61.5 Å². The molecule has 0 amide bonds. The van der Waals surface area contributed by atoms with E-state index in [0.717, 1.165) is 12.8 Å². The Morgan fingerprint density at radius 1 is 1.24 bits per heavy atom. The van der Waals surface area contributed by atoms with Crippen LogP contribution in [0.4, 0.5) is 5.69 Å². The molecule has 2 atom stereocenters. The van der Waals surface area contributed by atoms with Crippen molar-refractivity contribution in [2.45, 2.75) is 46.1 Å². The Morgan fingerprint density at radius 2 is 1.90 bits per heavy atom. The number of hydrogen-bond donors (Lipinski definition) is 1. The van der Waals surface area contributed by atoms with E-state index in [1.165, 1.54) is 6.42 Å². The smallest absolute Gasteiger partial charge is 0.341 e. The van der Waals surface area contributed by atoms with Gasteiger partial charge in [0.2, 0.25) is 0 Å². The molecule has 2 rings (SSSR count). The molecule has 1 fully saturated rings. The molecule has 0 spiro atoms. The maximum absolute atomic E-state index is 12.0. The third-order valence-corrected chi connectivity index (χ3v) is 3.96. The predicted molar refractivity (Wildman–Crippen MR) is 83.4 cm³/mol. The van der Waals surface area contributed by atoms with Crippen LogP contribution in [-0.2, 0) is 4.74 Å². The highest BCUT2D eigenvalue weighted by molar-refractivity contribution is 5.94. The molecule has 21 heavy (non-hydrogen) atoms. The molecule has 0 aliphatic heterocycles. The van der Waals surface area contributed by atoms with Crippen LogP contribution in [0.25, 0.3) is 0 Å². The molecule has 2 unspecified atom stereocenters. The van der Waals surface area contributed by atoms with E-state index in [9.17, 15) is 4.79 Å². The lowest BCUT2D eigenvalue weighted by Crippen LogP contribution is -2.29. The lowest BCUT2D eigenvalue weighted by Gasteiger charge is -2.32. The standard InChI is InChI=1S/C17H25NO3/c1-4-20-17(19)14-6-5-7-15(18)16(14)21-13-9-11(2)8-12(3)10-13/h5-7,11-13H,4,8-10,18H2,1-3H3. The van der Waals surface area contributed by atoms with Crippen LogP contribution in [0.15, 0.2) is 18.2 Å². The van der Waals surface area contributed by atoms with Crippen molar-refractivity contribution >= 4 is 11.7 Å². The number of carbonyl (C=O) groups excluding carboxylic acids is 1. The largest absolute Gasteiger partial charge is 0.487 e. The van der Waals surface area contributed by atoms with Crippen LogP contribution in [-0.4, -0.2) is 18.7 Å². The first kappa shape index (κ1) is 15.7. The summed E-state index contributed by atoms with van der Waals surface area (Å²) in [6, 6.07) is 5.22. The van der Waals surface area contributed by atoms with Crippen molar-refractivity contribution in [3.8, 4) is 5.75 Å². The fourth-order valence-electron chi connectivity index (χ4n) is 3.19. The second kappa shape index (κ2) is 6.83. The predicted octanol–water partition coefficient (Wildman–Crippen LogP) is 3.65. The highest BCUT2D eigenvalue weighted by Gasteiger charge is 2.27. The van der Waals surface area contributed by atoms with Gasteiger partial charge in [0, 0.05) is 0 Å². The normalized spacial score (nSPS) is 25.4. The Kier molecular flexibility index (Phi) is 5.10. The fourth-order valence-corrected chi connectivity index (χ4v) is 3.19. The fraction of sp³-hybridized carbons (Fsp3) is 0.588. The number of esters is 1. The van der Waals surface area contributed by atoms with Gasteiger partial charge in [-0.1, -0.05) is 19.9 Å². The first-order valence-corrected chi connectivity index (χ1v) is 7.73. The number of rotatable bonds is 4. The molecule has 2 N–H and O–H groups in total. The Morgan fingerprint density at radius 3 is 2.52 bits per heavy atom. The summed E-state index contributed by atoms with van der Waals surface area (Å²) in [5, 5.41) is 0. The van der Waals surface area contributed by atoms with Crippen molar-refractivity contribution in [1.82, 2.24) is 0 Å². The Balaban J connectivity index is 2.20. The number of anilines is 1. The van der Waals surface area contributed by atoms with Gasteiger partial charge in [-0.2, -0.15) is 0 Å². The number of hydrogen-bond acceptors (Lipinski definition) is 4. The summed E-state index contributed by atoms with van der Waals surface area (Å²) in [5.41, 5.74) is 6.92. The number of nitrogen functional groups attached to an aromatic ring is 1. The summed E-state index contributed by atoms with van der Waals surface area (Å²) in [6.45, 7) is 6.61. The van der Waals surface area contributed by atoms with Crippen molar-refractivity contribution in [2.24, 2.45) is 11.8 Å². The molecular weight excluding hydrogens is 266 g/mol. The number of carbonyl (C=O) groups is 1. The van der Waals surface area contributed by atoms with Crippen molar-refractivity contribution in [3.63, 3.8) is 0 Å². The molecule has 1 aromatic rings. The van der Waals surface area contributed by atoms with Gasteiger partial charge in [-0.3, -0.25) is 0 Å². The van der Waals surface area contributed by atoms with Gasteiger partial charge in [0.25, 0.3) is 0 Å². The first-order valence-electron chi connectivity index (χ1n) is 7.73. The Bertz CT molecular complexity index is 491. The van der Waals surface area contributed by atoms with Crippen LogP contribution < -0.4 is 10.5 Å². The molecule has 0 bridgehead atoms. The molecular formula is C17H25NO3. The SMILES string of the molecule is CCOC(=O)c1cccc(N)c1OC1CC(C)CC(C)C1. The Hall–Kier alpha value is -1.71. The van der Waals surface area contributed by atoms with Crippen molar-refractivity contribution in [2.75, 3.05) is 12.3 Å². The lowest BCUT2D eigenvalue weighted by molar-refractivity contribution is 0.0511. The van der Waals surface area contributed by atoms with E-state index in [0.29, 0.717) is 35.4 Å². The van der Waals surface area contributed by atoms with Crippen molar-refractivity contribution in [1.29, 1.82) is 0 Å². The zero-order valence-electron chi connectivity index (χ0n) is 13.1. The second-order valence-corrected chi connectivity index (χ2v) is 6.10. The van der Waals surface area contributed by atoms with Gasteiger partial charge in [-0.15, -0.1) is 0 Å². The van der Waals surface area contributed by atoms with Crippen LogP contribution in [0.5, 0.6) is 5.75 Å². The Labute approximate surface area is 126 Å². The molecule has 0 saturated heterocycles. The lowest BCUT2D eigenvalue weighted by atomic mass is 9.82. The number of ether oxygens (including phenoxy) is 2. The van der Waals surface area contributed by atoms with Crippen molar-refractivity contribution in [3.05, 3.63) is 23.8 Å². The summed E-state index contributed by atoms with van der Waals surface area (Å²) in [5.74, 6) is 1.36. The first-order chi connectivity index (χ1) is 10.0. The van der Waals surface area contributed by atoms with E-state index in [2.05, 4.69) is 13.8 Å². The summed E-state index contributed by atoms with van der Waals surface area (Å²) in [6.07, 6.45) is 3.35. The zero-order valence-corrected chi connectivity index (χ0v) is 13.1. The number of nitrogens with two attached hydrogens (primary N) is 1. The van der Waals surface area contributed by atoms with Gasteiger partial charge in [-0.05, 0) is 50.2 Å². The van der Waals surface area contributed by atoms with Gasteiger partial charge in [0.05, 0.1) is 18.4 Å². The number of benzene rings is 1. The third-order valence-electron chi connectivity index (χ3n) is 3.96. The summed E-state index contributed by atoms with van der Waals surface area (Å²) in [7, 11) is 0. The maximum Gasteiger partial charge on any atom is 0.341 e. The second-order valence-electron chi connectivity index (χ2n) is 6.10. The van der Waals surface area contributed by atoms with Gasteiger partial charge in [0.15, 0.2) is 5.75 Å². The van der Waals surface area contributed by atoms with E-state index >= 15 is 0 Å². The molecule has 116 valence electrons. The van der Waals surface area contributed by atoms with Crippen molar-refractivity contribution < 1.29 is 14.3 Å². The van der Waals surface area contributed by atoms with Crippen LogP contribution in [0.2, 0.25) is 0 Å². The molecule has 1 saturated carbocycles. The molecule has 0 aromatic heterocycles. The van der Waals surface area contributed by atoms with Gasteiger partial charge in [0.1, 0.15) is 5.56 Å². The summed E-state index contributed by atoms with van der Waals surface area (Å²) >= 11 is 0. The summed E-state index contributed by atoms with van der Waals surface area (Å²) < 4.78 is 11.2. The van der Waals surface area contributed by atoms with E-state index in [-0.39, 0.29) is 12.1 Å². The molecule has 1 aliphatic rings. The van der Waals surface area contributed by atoms with Crippen LogP contribution in [0, 0.1) is 11.8 Å². The molecule has 0 radical (unpaired) electrons. The van der Waals surface area contributed by atoms with E-state index in [1.807, 2.05) is 0 Å². The average Bonchev–Trinajstić information content (AvgIpc) is 2.40. The van der Waals surface area contributed by atoms with E-state index < -0.39 is 0 Å². The summed E-state index contributed by atoms with van der Waals surface area (Å²) in [4.78, 5) is 12.0. The molecule has 4 heteroatoms. The minimum absolute atomic E-state index is 0.113. The molecule has 0 heterocycles. The maximum atomic E-state index is 12.0. The minimum atomic E-state index is -0.378. The van der Waals surface area contributed by atoms with Crippen LogP contribution in [0.1, 0.15) is 50.4 Å².